The van der Waals surface area contributed by atoms with Gasteiger partial charge in [0.15, 0.2) is 0 Å². The van der Waals surface area contributed by atoms with E-state index in [1.54, 1.807) is 6.20 Å². The van der Waals surface area contributed by atoms with Crippen molar-refractivity contribution in [2.45, 2.75) is 9.79 Å². The van der Waals surface area contributed by atoms with E-state index >= 15 is 0 Å². The molecule has 0 amide bonds. The number of rotatable bonds is 2. The Morgan fingerprint density at radius 1 is 0.885 bits per heavy atom. The first-order valence-electron chi connectivity index (χ1n) is 7.72. The standard InChI is InChI=1S/C20H11F2N3S/c21-13-9-14(22)11-17(10-13)26-16-5-7-20-18(12-16)19(24-25-20)6-4-15-3-1-2-8-23-15/h1-3,5,7-12H,(H,24,25). The lowest BCUT2D eigenvalue weighted by molar-refractivity contribution is 0.577. The van der Waals surface area contributed by atoms with Crippen LogP contribution in [-0.2, 0) is 0 Å². The van der Waals surface area contributed by atoms with Crippen molar-refractivity contribution >= 4 is 22.7 Å². The van der Waals surface area contributed by atoms with Crippen molar-refractivity contribution in [2.75, 3.05) is 0 Å². The van der Waals surface area contributed by atoms with E-state index in [-0.39, 0.29) is 0 Å². The third kappa shape index (κ3) is 3.58. The number of H-pyrrole nitrogens is 1. The van der Waals surface area contributed by atoms with E-state index in [9.17, 15) is 8.78 Å². The lowest BCUT2D eigenvalue weighted by atomic mass is 10.2. The maximum Gasteiger partial charge on any atom is 0.143 e. The predicted octanol–water partition coefficient (Wildman–Crippen LogP) is 4.79. The lowest BCUT2D eigenvalue weighted by Gasteiger charge is -2.03. The van der Waals surface area contributed by atoms with Gasteiger partial charge in [-0.25, -0.2) is 13.8 Å². The van der Waals surface area contributed by atoms with Crippen LogP contribution in [0.4, 0.5) is 8.78 Å². The molecule has 2 aromatic heterocycles. The Bertz CT molecular complexity index is 1120. The normalized spacial score (nSPS) is 10.5. The van der Waals surface area contributed by atoms with Crippen molar-refractivity contribution in [1.29, 1.82) is 0 Å². The van der Waals surface area contributed by atoms with Crippen LogP contribution in [0, 0.1) is 23.5 Å². The van der Waals surface area contributed by atoms with Gasteiger partial charge in [0.25, 0.3) is 0 Å². The Labute approximate surface area is 152 Å². The van der Waals surface area contributed by atoms with Crippen LogP contribution in [0.25, 0.3) is 10.9 Å². The number of aromatic nitrogens is 3. The molecular formula is C20H11F2N3S. The van der Waals surface area contributed by atoms with E-state index in [0.29, 0.717) is 16.3 Å². The van der Waals surface area contributed by atoms with Crippen molar-refractivity contribution in [2.24, 2.45) is 0 Å². The summed E-state index contributed by atoms with van der Waals surface area (Å²) in [5.74, 6) is 4.79. The molecule has 0 aliphatic rings. The molecule has 0 spiro atoms. The van der Waals surface area contributed by atoms with Gasteiger partial charge in [-0.3, -0.25) is 5.10 Å². The van der Waals surface area contributed by atoms with Gasteiger partial charge >= 0.3 is 0 Å². The molecule has 0 saturated heterocycles. The fourth-order valence-corrected chi connectivity index (χ4v) is 3.36. The molecule has 2 heterocycles. The Balaban J connectivity index is 1.67. The maximum absolute atomic E-state index is 13.4. The van der Waals surface area contributed by atoms with E-state index in [2.05, 4.69) is 27.0 Å². The molecule has 0 atom stereocenters. The lowest BCUT2D eigenvalue weighted by Crippen LogP contribution is -1.82. The second-order valence-corrected chi connectivity index (χ2v) is 6.60. The quantitative estimate of drug-likeness (QED) is 0.521. The number of hydrogen-bond donors (Lipinski definition) is 1. The number of aromatic amines is 1. The van der Waals surface area contributed by atoms with Crippen molar-refractivity contribution in [3.8, 4) is 11.8 Å². The molecule has 4 rings (SSSR count). The molecule has 0 aliphatic carbocycles. The molecule has 126 valence electrons. The number of halogens is 2. The van der Waals surface area contributed by atoms with Gasteiger partial charge in [0, 0.05) is 27.4 Å². The van der Waals surface area contributed by atoms with Crippen LogP contribution in [0.5, 0.6) is 0 Å². The Hall–Kier alpha value is -3.17. The van der Waals surface area contributed by atoms with Crippen LogP contribution in [-0.4, -0.2) is 15.2 Å². The third-order valence-corrected chi connectivity index (χ3v) is 4.54. The number of nitrogens with one attached hydrogen (secondary N) is 1. The topological polar surface area (TPSA) is 41.6 Å². The van der Waals surface area contributed by atoms with E-state index < -0.39 is 11.6 Å². The smallest absolute Gasteiger partial charge is 0.143 e. The van der Waals surface area contributed by atoms with Gasteiger partial charge in [-0.1, -0.05) is 17.8 Å². The second kappa shape index (κ2) is 6.98. The molecule has 26 heavy (non-hydrogen) atoms. The summed E-state index contributed by atoms with van der Waals surface area (Å²) in [6.07, 6.45) is 1.68. The van der Waals surface area contributed by atoms with E-state index in [0.717, 1.165) is 21.9 Å². The first-order chi connectivity index (χ1) is 12.7. The number of benzene rings is 2. The first kappa shape index (κ1) is 16.3. The molecule has 0 unspecified atom stereocenters. The van der Waals surface area contributed by atoms with Crippen molar-refractivity contribution in [1.82, 2.24) is 15.2 Å². The zero-order valence-electron chi connectivity index (χ0n) is 13.3. The van der Waals surface area contributed by atoms with Crippen LogP contribution < -0.4 is 0 Å². The fraction of sp³-hybridized carbons (Fsp3) is 0. The van der Waals surface area contributed by atoms with Gasteiger partial charge < -0.3 is 0 Å². The Kier molecular flexibility index (Phi) is 4.38. The van der Waals surface area contributed by atoms with Crippen LogP contribution in [0.3, 0.4) is 0 Å². The minimum absolute atomic E-state index is 0.492. The SMILES string of the molecule is Fc1cc(F)cc(Sc2ccc3[nH]nc(C#Cc4ccccn4)c3c2)c1. The molecule has 0 saturated carbocycles. The van der Waals surface area contributed by atoms with E-state index in [4.69, 9.17) is 0 Å². The van der Waals surface area contributed by atoms with Crippen LogP contribution >= 0.6 is 11.8 Å². The molecule has 0 radical (unpaired) electrons. The van der Waals surface area contributed by atoms with Gasteiger partial charge in [-0.15, -0.1) is 0 Å². The summed E-state index contributed by atoms with van der Waals surface area (Å²) in [5, 5.41) is 8.01. The summed E-state index contributed by atoms with van der Waals surface area (Å²) in [6, 6.07) is 14.6. The van der Waals surface area contributed by atoms with Gasteiger partial charge in [0.2, 0.25) is 0 Å². The highest BCUT2D eigenvalue weighted by Gasteiger charge is 2.07. The average Bonchev–Trinajstić information content (AvgIpc) is 3.02. The van der Waals surface area contributed by atoms with Crippen molar-refractivity contribution in [3.05, 3.63) is 83.8 Å². The molecule has 0 fully saturated rings. The summed E-state index contributed by atoms with van der Waals surface area (Å²) < 4.78 is 26.7. The van der Waals surface area contributed by atoms with Crippen LogP contribution in [0.1, 0.15) is 11.4 Å². The number of hydrogen-bond acceptors (Lipinski definition) is 3. The average molecular weight is 363 g/mol. The van der Waals surface area contributed by atoms with Crippen molar-refractivity contribution in [3.63, 3.8) is 0 Å². The fourth-order valence-electron chi connectivity index (χ4n) is 2.44. The summed E-state index contributed by atoms with van der Waals surface area (Å²) in [7, 11) is 0. The van der Waals surface area contributed by atoms with Gasteiger partial charge in [0.05, 0.1) is 5.52 Å². The molecule has 1 N–H and O–H groups in total. The highest BCUT2D eigenvalue weighted by Crippen LogP contribution is 2.31. The highest BCUT2D eigenvalue weighted by molar-refractivity contribution is 7.99. The summed E-state index contributed by atoms with van der Waals surface area (Å²) in [4.78, 5) is 5.49. The summed E-state index contributed by atoms with van der Waals surface area (Å²) in [6.45, 7) is 0. The zero-order chi connectivity index (χ0) is 17.9. The Morgan fingerprint density at radius 3 is 2.50 bits per heavy atom. The molecular weight excluding hydrogens is 352 g/mol. The minimum Gasteiger partial charge on any atom is -0.277 e. The largest absolute Gasteiger partial charge is 0.277 e. The predicted molar refractivity (Wildman–Crippen MR) is 96.8 cm³/mol. The second-order valence-electron chi connectivity index (χ2n) is 5.45. The third-order valence-electron chi connectivity index (χ3n) is 3.58. The molecule has 2 aromatic carbocycles. The monoisotopic (exact) mass is 363 g/mol. The molecule has 4 aromatic rings. The zero-order valence-corrected chi connectivity index (χ0v) is 14.1. The molecule has 0 aliphatic heterocycles. The summed E-state index contributed by atoms with van der Waals surface area (Å²) >= 11 is 1.28. The first-order valence-corrected chi connectivity index (χ1v) is 8.54. The van der Waals surface area contributed by atoms with Crippen LogP contribution in [0.15, 0.2) is 70.6 Å². The van der Waals surface area contributed by atoms with Gasteiger partial charge in [-0.05, 0) is 54.3 Å². The van der Waals surface area contributed by atoms with Crippen LogP contribution in [0.2, 0.25) is 0 Å². The number of pyridine rings is 1. The summed E-state index contributed by atoms with van der Waals surface area (Å²) in [5.41, 5.74) is 2.09. The van der Waals surface area contributed by atoms with Gasteiger partial charge in [-0.2, -0.15) is 5.10 Å². The number of nitrogens with zero attached hydrogens (tertiary/aromatic N) is 2. The Morgan fingerprint density at radius 2 is 1.73 bits per heavy atom. The molecule has 0 bridgehead atoms. The molecule has 3 nitrogen and oxygen atoms in total. The van der Waals surface area contributed by atoms with Crippen molar-refractivity contribution < 1.29 is 8.78 Å². The van der Waals surface area contributed by atoms with E-state index in [1.165, 1.54) is 23.9 Å². The highest BCUT2D eigenvalue weighted by atomic mass is 32.2. The maximum atomic E-state index is 13.4. The molecule has 6 heteroatoms. The number of fused-ring (bicyclic) bond motifs is 1. The van der Waals surface area contributed by atoms with E-state index in [1.807, 2.05) is 36.4 Å². The van der Waals surface area contributed by atoms with Gasteiger partial charge in [0.1, 0.15) is 23.0 Å². The minimum atomic E-state index is -0.598.